The molecule has 1 aliphatic carbocycles. The number of hydrogen-bond donors (Lipinski definition) is 4. The molecule has 0 saturated heterocycles. The highest BCUT2D eigenvalue weighted by atomic mass is 16.4. The summed E-state index contributed by atoms with van der Waals surface area (Å²) in [6.45, 7) is 0.602. The van der Waals surface area contributed by atoms with Crippen molar-refractivity contribution in [2.45, 2.75) is 25.7 Å². The Kier molecular flexibility index (Phi) is 4.45. The first-order valence-electron chi connectivity index (χ1n) is 6.68. The van der Waals surface area contributed by atoms with Crippen LogP contribution >= 0.6 is 0 Å². The fraction of sp³-hybridized carbons (Fsp3) is 0.429. The molecule has 1 aromatic rings. The largest absolute Gasteiger partial charge is 0.505 e. The number of rotatable bonds is 4. The summed E-state index contributed by atoms with van der Waals surface area (Å²) in [6, 6.07) is 3.76. The SMILES string of the molecule is O=C(NCC1CCCC1)Nc1cccc(C(=O)O)c1O. The van der Waals surface area contributed by atoms with Crippen LogP contribution in [0.15, 0.2) is 18.2 Å². The van der Waals surface area contributed by atoms with Gasteiger partial charge < -0.3 is 20.8 Å². The average Bonchev–Trinajstić information content (AvgIpc) is 2.91. The van der Waals surface area contributed by atoms with Crippen molar-refractivity contribution in [3.05, 3.63) is 23.8 Å². The van der Waals surface area contributed by atoms with Gasteiger partial charge in [-0.15, -0.1) is 0 Å². The zero-order chi connectivity index (χ0) is 14.5. The second kappa shape index (κ2) is 6.27. The number of nitrogens with one attached hydrogen (secondary N) is 2. The molecule has 1 saturated carbocycles. The van der Waals surface area contributed by atoms with Crippen molar-refractivity contribution in [1.82, 2.24) is 5.32 Å². The Bertz CT molecular complexity index is 510. The van der Waals surface area contributed by atoms with E-state index >= 15 is 0 Å². The molecule has 6 nitrogen and oxygen atoms in total. The number of urea groups is 1. The van der Waals surface area contributed by atoms with Gasteiger partial charge >= 0.3 is 12.0 Å². The van der Waals surface area contributed by atoms with Gasteiger partial charge in [-0.1, -0.05) is 18.9 Å². The van der Waals surface area contributed by atoms with Crippen molar-refractivity contribution >= 4 is 17.7 Å². The van der Waals surface area contributed by atoms with Gasteiger partial charge in [-0.3, -0.25) is 0 Å². The zero-order valence-corrected chi connectivity index (χ0v) is 11.1. The third-order valence-electron chi connectivity index (χ3n) is 3.54. The lowest BCUT2D eigenvalue weighted by Gasteiger charge is -2.13. The van der Waals surface area contributed by atoms with Gasteiger partial charge in [-0.05, 0) is 30.9 Å². The second-order valence-electron chi connectivity index (χ2n) is 4.99. The fourth-order valence-electron chi connectivity index (χ4n) is 2.43. The average molecular weight is 278 g/mol. The fourth-order valence-corrected chi connectivity index (χ4v) is 2.43. The molecule has 2 rings (SSSR count). The maximum Gasteiger partial charge on any atom is 0.339 e. The number of carboxylic acid groups (broad SMARTS) is 1. The van der Waals surface area contributed by atoms with Crippen LogP contribution in [0.3, 0.4) is 0 Å². The van der Waals surface area contributed by atoms with Crippen molar-refractivity contribution in [1.29, 1.82) is 0 Å². The summed E-state index contributed by atoms with van der Waals surface area (Å²) in [4.78, 5) is 22.6. The Labute approximate surface area is 116 Å². The van der Waals surface area contributed by atoms with E-state index in [0.29, 0.717) is 12.5 Å². The van der Waals surface area contributed by atoms with Gasteiger partial charge in [0.25, 0.3) is 0 Å². The quantitative estimate of drug-likeness (QED) is 0.635. The molecule has 0 spiro atoms. The molecule has 1 fully saturated rings. The van der Waals surface area contributed by atoms with Crippen LogP contribution in [0.4, 0.5) is 10.5 Å². The number of benzene rings is 1. The van der Waals surface area contributed by atoms with Crippen molar-refractivity contribution in [3.8, 4) is 5.75 Å². The van der Waals surface area contributed by atoms with Crippen LogP contribution in [-0.2, 0) is 0 Å². The van der Waals surface area contributed by atoms with E-state index in [4.69, 9.17) is 5.11 Å². The highest BCUT2D eigenvalue weighted by Crippen LogP contribution is 2.27. The number of para-hydroxylation sites is 1. The summed E-state index contributed by atoms with van der Waals surface area (Å²) in [7, 11) is 0. The van der Waals surface area contributed by atoms with Crippen LogP contribution in [-0.4, -0.2) is 28.8 Å². The van der Waals surface area contributed by atoms with Crippen LogP contribution in [0, 0.1) is 5.92 Å². The lowest BCUT2D eigenvalue weighted by molar-refractivity contribution is 0.0693. The molecule has 0 aliphatic heterocycles. The molecule has 108 valence electrons. The molecule has 1 aromatic carbocycles. The lowest BCUT2D eigenvalue weighted by Crippen LogP contribution is -2.32. The van der Waals surface area contributed by atoms with Crippen LogP contribution in [0.1, 0.15) is 36.0 Å². The van der Waals surface area contributed by atoms with E-state index in [1.54, 1.807) is 0 Å². The van der Waals surface area contributed by atoms with Gasteiger partial charge in [0, 0.05) is 6.54 Å². The number of carbonyl (C=O) groups excluding carboxylic acids is 1. The van der Waals surface area contributed by atoms with Gasteiger partial charge in [-0.25, -0.2) is 9.59 Å². The Hall–Kier alpha value is -2.24. The third-order valence-corrected chi connectivity index (χ3v) is 3.54. The monoisotopic (exact) mass is 278 g/mol. The Balaban J connectivity index is 1.93. The van der Waals surface area contributed by atoms with Crippen LogP contribution in [0.25, 0.3) is 0 Å². The van der Waals surface area contributed by atoms with E-state index < -0.39 is 17.7 Å². The molecular weight excluding hydrogens is 260 g/mol. The van der Waals surface area contributed by atoms with Crippen LogP contribution < -0.4 is 10.6 Å². The summed E-state index contributed by atoms with van der Waals surface area (Å²) in [6.07, 6.45) is 4.66. The standard InChI is InChI=1S/C14H18N2O4/c17-12-10(13(18)19)6-3-7-11(12)16-14(20)15-8-9-4-1-2-5-9/h3,6-7,9,17H,1-2,4-5,8H2,(H,18,19)(H2,15,16,20). The van der Waals surface area contributed by atoms with Crippen LogP contribution in [0.2, 0.25) is 0 Å². The van der Waals surface area contributed by atoms with Gasteiger partial charge in [0.1, 0.15) is 5.56 Å². The predicted octanol–water partition coefficient (Wildman–Crippen LogP) is 2.40. The van der Waals surface area contributed by atoms with E-state index in [9.17, 15) is 14.7 Å². The van der Waals surface area contributed by atoms with E-state index in [1.165, 1.54) is 31.0 Å². The first kappa shape index (κ1) is 14.2. The van der Waals surface area contributed by atoms with Gasteiger partial charge in [0.15, 0.2) is 5.75 Å². The number of amides is 2. The first-order chi connectivity index (χ1) is 9.58. The molecule has 0 radical (unpaired) electrons. The maximum absolute atomic E-state index is 11.7. The van der Waals surface area contributed by atoms with E-state index in [1.807, 2.05) is 0 Å². The number of carbonyl (C=O) groups is 2. The molecule has 0 heterocycles. The molecule has 6 heteroatoms. The zero-order valence-electron chi connectivity index (χ0n) is 11.1. The third kappa shape index (κ3) is 3.40. The first-order valence-corrected chi connectivity index (χ1v) is 6.68. The van der Waals surface area contributed by atoms with Gasteiger partial charge in [0.2, 0.25) is 0 Å². The van der Waals surface area contributed by atoms with Gasteiger partial charge in [0.05, 0.1) is 5.69 Å². The summed E-state index contributed by atoms with van der Waals surface area (Å²) < 4.78 is 0. The molecule has 0 aromatic heterocycles. The summed E-state index contributed by atoms with van der Waals surface area (Å²) >= 11 is 0. The molecule has 1 aliphatic rings. The molecular formula is C14H18N2O4. The predicted molar refractivity (Wildman–Crippen MR) is 74.0 cm³/mol. The number of anilines is 1. The van der Waals surface area contributed by atoms with Crippen molar-refractivity contribution < 1.29 is 19.8 Å². The second-order valence-corrected chi connectivity index (χ2v) is 4.99. The van der Waals surface area contributed by atoms with E-state index in [2.05, 4.69) is 10.6 Å². The number of carboxylic acids is 1. The molecule has 0 unspecified atom stereocenters. The van der Waals surface area contributed by atoms with E-state index in [-0.39, 0.29) is 11.3 Å². The maximum atomic E-state index is 11.7. The molecule has 20 heavy (non-hydrogen) atoms. The summed E-state index contributed by atoms with van der Waals surface area (Å²) in [5.41, 5.74) is -0.146. The minimum absolute atomic E-state index is 0.0915. The normalized spacial score (nSPS) is 15.0. The Morgan fingerprint density at radius 2 is 1.95 bits per heavy atom. The molecule has 0 bridgehead atoms. The number of hydrogen-bond acceptors (Lipinski definition) is 3. The molecule has 2 amide bonds. The summed E-state index contributed by atoms with van der Waals surface area (Å²) in [5.74, 6) is -1.16. The van der Waals surface area contributed by atoms with Crippen LogP contribution in [0.5, 0.6) is 5.75 Å². The highest BCUT2D eigenvalue weighted by Gasteiger charge is 2.17. The number of phenols is 1. The number of aromatic hydroxyl groups is 1. The number of aromatic carboxylic acids is 1. The van der Waals surface area contributed by atoms with Gasteiger partial charge in [-0.2, -0.15) is 0 Å². The highest BCUT2D eigenvalue weighted by molar-refractivity contribution is 5.97. The smallest absolute Gasteiger partial charge is 0.339 e. The Morgan fingerprint density at radius 1 is 1.25 bits per heavy atom. The molecule has 4 N–H and O–H groups in total. The molecule has 0 atom stereocenters. The van der Waals surface area contributed by atoms with Crippen molar-refractivity contribution in [3.63, 3.8) is 0 Å². The Morgan fingerprint density at radius 3 is 2.60 bits per heavy atom. The topological polar surface area (TPSA) is 98.7 Å². The van der Waals surface area contributed by atoms with Crippen molar-refractivity contribution in [2.24, 2.45) is 5.92 Å². The minimum atomic E-state index is -1.24. The lowest BCUT2D eigenvalue weighted by atomic mass is 10.1. The van der Waals surface area contributed by atoms with E-state index in [0.717, 1.165) is 12.8 Å². The minimum Gasteiger partial charge on any atom is -0.505 e. The van der Waals surface area contributed by atoms with Crippen molar-refractivity contribution in [2.75, 3.05) is 11.9 Å². The summed E-state index contributed by atoms with van der Waals surface area (Å²) in [5, 5.41) is 23.9.